The van der Waals surface area contributed by atoms with E-state index in [1.54, 1.807) is 13.8 Å². The predicted octanol–water partition coefficient (Wildman–Crippen LogP) is -3.12. The molecule has 0 fully saturated rings. The SMILES string of the molecule is CC(C)C(N)C(=O)NCC(=O)NC(CC(=O)O)C(=O)NC(CCC(N)=O)C(=O)O. The maximum atomic E-state index is 12.2. The number of carboxylic acid groups (broad SMARTS) is 2. The van der Waals surface area contributed by atoms with Crippen molar-refractivity contribution < 1.29 is 39.0 Å². The molecule has 164 valence electrons. The molecule has 4 amide bonds. The molecule has 0 rings (SSSR count). The molecule has 0 saturated carbocycles. The second-order valence-electron chi connectivity index (χ2n) is 6.61. The number of rotatable bonds is 13. The highest BCUT2D eigenvalue weighted by Crippen LogP contribution is 2.01. The van der Waals surface area contributed by atoms with Crippen LogP contribution in [0.2, 0.25) is 0 Å². The quantitative estimate of drug-likeness (QED) is 0.160. The number of nitrogens with two attached hydrogens (primary N) is 2. The van der Waals surface area contributed by atoms with Crippen LogP contribution in [0.15, 0.2) is 0 Å². The van der Waals surface area contributed by atoms with Gasteiger partial charge in [0.2, 0.25) is 23.6 Å². The molecule has 29 heavy (non-hydrogen) atoms. The van der Waals surface area contributed by atoms with Crippen molar-refractivity contribution in [2.24, 2.45) is 17.4 Å². The molecule has 0 aliphatic rings. The minimum absolute atomic E-state index is 0.183. The van der Waals surface area contributed by atoms with Gasteiger partial charge in [-0.05, 0) is 12.3 Å². The van der Waals surface area contributed by atoms with Gasteiger partial charge in [0.1, 0.15) is 12.1 Å². The molecule has 0 aromatic heterocycles. The topological polar surface area (TPSA) is 231 Å². The van der Waals surface area contributed by atoms with Crippen LogP contribution in [0, 0.1) is 5.92 Å². The number of amides is 4. The number of carbonyl (C=O) groups is 6. The molecule has 0 aromatic carbocycles. The van der Waals surface area contributed by atoms with Crippen molar-refractivity contribution in [1.29, 1.82) is 0 Å². The van der Waals surface area contributed by atoms with Crippen LogP contribution in [-0.4, -0.2) is 70.5 Å². The van der Waals surface area contributed by atoms with Crippen LogP contribution in [0.1, 0.15) is 33.1 Å². The summed E-state index contributed by atoms with van der Waals surface area (Å²) in [7, 11) is 0. The lowest BCUT2D eigenvalue weighted by Gasteiger charge is -2.21. The summed E-state index contributed by atoms with van der Waals surface area (Å²) in [5, 5.41) is 24.4. The molecule has 0 aliphatic carbocycles. The highest BCUT2D eigenvalue weighted by molar-refractivity contribution is 5.94. The molecule has 0 saturated heterocycles. The molecule has 0 aromatic rings. The molecule has 0 spiro atoms. The van der Waals surface area contributed by atoms with Gasteiger partial charge >= 0.3 is 11.9 Å². The lowest BCUT2D eigenvalue weighted by Crippen LogP contribution is -2.54. The number of carbonyl (C=O) groups excluding carboxylic acids is 4. The van der Waals surface area contributed by atoms with Crippen LogP contribution in [-0.2, 0) is 28.8 Å². The number of nitrogens with one attached hydrogen (secondary N) is 3. The maximum Gasteiger partial charge on any atom is 0.326 e. The van der Waals surface area contributed by atoms with Crippen molar-refractivity contribution in [1.82, 2.24) is 16.0 Å². The van der Waals surface area contributed by atoms with Gasteiger partial charge in [-0.3, -0.25) is 24.0 Å². The number of primary amides is 1. The summed E-state index contributed by atoms with van der Waals surface area (Å²) < 4.78 is 0. The molecule has 9 N–H and O–H groups in total. The van der Waals surface area contributed by atoms with Crippen LogP contribution in [0.5, 0.6) is 0 Å². The zero-order valence-corrected chi connectivity index (χ0v) is 16.1. The molecule has 0 aliphatic heterocycles. The van der Waals surface area contributed by atoms with E-state index in [2.05, 4.69) is 10.6 Å². The molecular weight excluding hydrogens is 390 g/mol. The van der Waals surface area contributed by atoms with Gasteiger partial charge in [0, 0.05) is 6.42 Å². The van der Waals surface area contributed by atoms with E-state index in [4.69, 9.17) is 21.7 Å². The van der Waals surface area contributed by atoms with E-state index in [1.807, 2.05) is 5.32 Å². The Bertz CT molecular complexity index is 651. The van der Waals surface area contributed by atoms with Gasteiger partial charge in [-0.15, -0.1) is 0 Å². The Kier molecular flexibility index (Phi) is 10.9. The zero-order valence-electron chi connectivity index (χ0n) is 16.1. The molecule has 3 unspecified atom stereocenters. The van der Waals surface area contributed by atoms with Crippen LogP contribution >= 0.6 is 0 Å². The number of hydrogen-bond acceptors (Lipinski definition) is 7. The van der Waals surface area contributed by atoms with Crippen LogP contribution in [0.25, 0.3) is 0 Å². The van der Waals surface area contributed by atoms with Crippen molar-refractivity contribution in [2.75, 3.05) is 6.54 Å². The summed E-state index contributed by atoms with van der Waals surface area (Å²) in [5.74, 6) is -6.42. The Balaban J connectivity index is 4.96. The van der Waals surface area contributed by atoms with E-state index >= 15 is 0 Å². The molecule has 13 nitrogen and oxygen atoms in total. The van der Waals surface area contributed by atoms with Gasteiger partial charge in [-0.1, -0.05) is 13.8 Å². The first kappa shape index (κ1) is 25.8. The average molecular weight is 417 g/mol. The van der Waals surface area contributed by atoms with Crippen molar-refractivity contribution in [3.8, 4) is 0 Å². The van der Waals surface area contributed by atoms with Crippen molar-refractivity contribution in [2.45, 2.75) is 51.2 Å². The van der Waals surface area contributed by atoms with Crippen LogP contribution in [0.4, 0.5) is 0 Å². The largest absolute Gasteiger partial charge is 0.481 e. The minimum Gasteiger partial charge on any atom is -0.481 e. The summed E-state index contributed by atoms with van der Waals surface area (Å²) >= 11 is 0. The fraction of sp³-hybridized carbons (Fsp3) is 0.625. The lowest BCUT2D eigenvalue weighted by atomic mass is 10.1. The van der Waals surface area contributed by atoms with Gasteiger partial charge in [-0.2, -0.15) is 0 Å². The second kappa shape index (κ2) is 12.3. The van der Waals surface area contributed by atoms with E-state index in [0.29, 0.717) is 0 Å². The minimum atomic E-state index is -1.61. The standard InChI is InChI=1S/C16H27N5O8/c1-7(2)13(18)15(27)19-6-11(23)20-9(5-12(24)25)14(26)21-8(16(28)29)3-4-10(17)22/h7-9,13H,3-6,18H2,1-2H3,(H2,17,22)(H,19,27)(H,20,23)(H,21,26)(H,24,25)(H,28,29). The summed E-state index contributed by atoms with van der Waals surface area (Å²) in [5.41, 5.74) is 10.6. The number of carboxylic acids is 2. The fourth-order valence-electron chi connectivity index (χ4n) is 2.03. The predicted molar refractivity (Wildman–Crippen MR) is 98.0 cm³/mol. The summed E-state index contributed by atoms with van der Waals surface area (Å²) in [6.45, 7) is 2.84. The Morgan fingerprint density at radius 3 is 1.97 bits per heavy atom. The average Bonchev–Trinajstić information content (AvgIpc) is 2.60. The first-order valence-corrected chi connectivity index (χ1v) is 8.71. The third kappa shape index (κ3) is 10.6. The molecule has 13 heteroatoms. The van der Waals surface area contributed by atoms with E-state index < -0.39 is 66.7 Å². The normalized spacial score (nSPS) is 13.7. The Hall–Kier alpha value is -3.22. The molecule has 3 atom stereocenters. The van der Waals surface area contributed by atoms with Crippen molar-refractivity contribution >= 4 is 35.6 Å². The lowest BCUT2D eigenvalue weighted by molar-refractivity contribution is -0.143. The molecular formula is C16H27N5O8. The summed E-state index contributed by atoms with van der Waals surface area (Å²) in [6, 6.07) is -3.97. The number of hydrogen-bond donors (Lipinski definition) is 7. The fourth-order valence-corrected chi connectivity index (χ4v) is 2.03. The first-order chi connectivity index (χ1) is 13.3. The monoisotopic (exact) mass is 417 g/mol. The zero-order chi connectivity index (χ0) is 22.7. The molecule has 0 heterocycles. The Morgan fingerprint density at radius 2 is 1.52 bits per heavy atom. The van der Waals surface area contributed by atoms with Gasteiger partial charge in [-0.25, -0.2) is 4.79 Å². The summed E-state index contributed by atoms with van der Waals surface area (Å²) in [4.78, 5) is 68.9. The summed E-state index contributed by atoms with van der Waals surface area (Å²) in [6.07, 6.45) is -1.47. The van der Waals surface area contributed by atoms with Gasteiger partial charge in [0.05, 0.1) is 19.0 Å². The molecule has 0 bridgehead atoms. The number of aliphatic carboxylic acids is 2. The highest BCUT2D eigenvalue weighted by atomic mass is 16.4. The van der Waals surface area contributed by atoms with Crippen molar-refractivity contribution in [3.63, 3.8) is 0 Å². The Labute approximate surface area is 166 Å². The van der Waals surface area contributed by atoms with Gasteiger partial charge < -0.3 is 37.6 Å². The first-order valence-electron chi connectivity index (χ1n) is 8.71. The Morgan fingerprint density at radius 1 is 0.931 bits per heavy atom. The maximum absolute atomic E-state index is 12.2. The van der Waals surface area contributed by atoms with Gasteiger partial charge in [0.25, 0.3) is 0 Å². The van der Waals surface area contributed by atoms with Crippen LogP contribution in [0.3, 0.4) is 0 Å². The van der Waals surface area contributed by atoms with E-state index in [0.717, 1.165) is 0 Å². The highest BCUT2D eigenvalue weighted by Gasteiger charge is 2.28. The van der Waals surface area contributed by atoms with E-state index in [1.165, 1.54) is 0 Å². The van der Waals surface area contributed by atoms with Crippen LogP contribution < -0.4 is 27.4 Å². The third-order valence-electron chi connectivity index (χ3n) is 3.77. The third-order valence-corrected chi connectivity index (χ3v) is 3.77. The van der Waals surface area contributed by atoms with E-state index in [-0.39, 0.29) is 18.8 Å². The smallest absolute Gasteiger partial charge is 0.326 e. The second-order valence-corrected chi connectivity index (χ2v) is 6.61. The molecule has 0 radical (unpaired) electrons. The van der Waals surface area contributed by atoms with Crippen molar-refractivity contribution in [3.05, 3.63) is 0 Å². The van der Waals surface area contributed by atoms with Gasteiger partial charge in [0.15, 0.2) is 0 Å². The van der Waals surface area contributed by atoms with E-state index in [9.17, 15) is 28.8 Å².